The lowest BCUT2D eigenvalue weighted by Gasteiger charge is -2.23. The maximum absolute atomic E-state index is 6.05. The van der Waals surface area contributed by atoms with Gasteiger partial charge in [-0.2, -0.15) is 0 Å². The predicted molar refractivity (Wildman–Crippen MR) is 106 cm³/mol. The lowest BCUT2D eigenvalue weighted by Crippen LogP contribution is -2.25. The van der Waals surface area contributed by atoms with Gasteiger partial charge < -0.3 is 14.4 Å². The second kappa shape index (κ2) is 7.56. The molecule has 1 aliphatic heterocycles. The number of fused-ring (bicyclic) bond motifs is 2. The van der Waals surface area contributed by atoms with Crippen LogP contribution >= 0.6 is 10.7 Å². The molecule has 2 atom stereocenters. The van der Waals surface area contributed by atoms with Crippen LogP contribution in [0.4, 0.5) is 5.69 Å². The van der Waals surface area contributed by atoms with E-state index in [-0.39, 0.29) is 16.7 Å². The highest BCUT2D eigenvalue weighted by Crippen LogP contribution is 2.45. The number of anilines is 1. The Morgan fingerprint density at radius 2 is 2.04 bits per heavy atom. The molecule has 24 heavy (non-hydrogen) atoms. The largest absolute Gasteiger partial charge is 0.385 e. The molecule has 0 bridgehead atoms. The van der Waals surface area contributed by atoms with E-state index in [4.69, 9.17) is 12.6 Å². The molecule has 5 heteroatoms. The fourth-order valence-corrected chi connectivity index (χ4v) is 4.56. The predicted octanol–water partition coefficient (Wildman–Crippen LogP) is 2.62. The Morgan fingerprint density at radius 3 is 2.83 bits per heavy atom. The van der Waals surface area contributed by atoms with Crippen LogP contribution in [0, 0.1) is 0 Å². The normalized spacial score (nSPS) is 19.5. The van der Waals surface area contributed by atoms with Gasteiger partial charge in [0.25, 0.3) is 0 Å². The standard InChI is InChI=1S/C19H23BN2OS/c1-22-17-8-5-4-7-15(17)19(21-11-6-12-23-2)16-10-9-14(20)13-18(16)24(22)3/h4-5,7-10,13,19,21H,3,6,11-12H2,1-2H3. The number of benzene rings is 2. The van der Waals surface area contributed by atoms with Crippen LogP contribution in [0.2, 0.25) is 0 Å². The number of methoxy groups -OCH3 is 1. The van der Waals surface area contributed by atoms with Gasteiger partial charge in [-0.15, -0.1) is 0 Å². The van der Waals surface area contributed by atoms with Crippen LogP contribution in [-0.2, 0) is 4.74 Å². The fraction of sp³-hybridized carbons (Fsp3) is 0.316. The summed E-state index contributed by atoms with van der Waals surface area (Å²) in [6, 6.07) is 14.9. The third-order valence-electron chi connectivity index (χ3n) is 4.39. The highest BCUT2D eigenvalue weighted by atomic mass is 32.2. The van der Waals surface area contributed by atoms with E-state index in [1.807, 2.05) is 6.07 Å². The van der Waals surface area contributed by atoms with E-state index < -0.39 is 0 Å². The second-order valence-electron chi connectivity index (χ2n) is 5.95. The van der Waals surface area contributed by atoms with Gasteiger partial charge in [-0.25, -0.2) is 0 Å². The molecule has 0 fully saturated rings. The molecule has 2 radical (unpaired) electrons. The van der Waals surface area contributed by atoms with Crippen molar-refractivity contribution in [1.82, 2.24) is 5.32 Å². The third-order valence-corrected chi connectivity index (χ3v) is 6.11. The van der Waals surface area contributed by atoms with Crippen molar-refractivity contribution < 1.29 is 4.74 Å². The van der Waals surface area contributed by atoms with Gasteiger partial charge in [-0.1, -0.05) is 58.4 Å². The Kier molecular flexibility index (Phi) is 5.44. The number of nitrogens with one attached hydrogen (secondary N) is 1. The Balaban J connectivity index is 2.07. The molecule has 3 rings (SSSR count). The minimum Gasteiger partial charge on any atom is -0.385 e. The van der Waals surface area contributed by atoms with E-state index in [1.54, 1.807) is 7.11 Å². The second-order valence-corrected chi connectivity index (χ2v) is 7.67. The van der Waals surface area contributed by atoms with Crippen molar-refractivity contribution in [2.75, 3.05) is 31.6 Å². The van der Waals surface area contributed by atoms with E-state index in [0.29, 0.717) is 0 Å². The van der Waals surface area contributed by atoms with E-state index in [9.17, 15) is 0 Å². The first-order valence-electron chi connectivity index (χ1n) is 8.12. The molecule has 1 heterocycles. The minimum atomic E-state index is -0.290. The molecule has 0 saturated carbocycles. The summed E-state index contributed by atoms with van der Waals surface area (Å²) in [4.78, 5) is 1.21. The quantitative estimate of drug-likeness (QED) is 0.515. The van der Waals surface area contributed by atoms with E-state index in [0.717, 1.165) is 25.0 Å². The van der Waals surface area contributed by atoms with Gasteiger partial charge in [0.05, 0.1) is 11.7 Å². The average molecular weight is 338 g/mol. The first-order valence-corrected chi connectivity index (χ1v) is 9.47. The fourth-order valence-electron chi connectivity index (χ4n) is 3.13. The van der Waals surface area contributed by atoms with Gasteiger partial charge in [0.15, 0.2) is 0 Å². The molecule has 1 aliphatic rings. The van der Waals surface area contributed by atoms with Crippen LogP contribution < -0.4 is 15.1 Å². The van der Waals surface area contributed by atoms with E-state index in [1.165, 1.54) is 21.7 Å². The summed E-state index contributed by atoms with van der Waals surface area (Å²) >= 11 is 0. The maximum Gasteiger partial charge on any atom is 0.113 e. The topological polar surface area (TPSA) is 24.5 Å². The number of ether oxygens (including phenoxy) is 1. The van der Waals surface area contributed by atoms with Gasteiger partial charge in [-0.05, 0) is 30.2 Å². The highest BCUT2D eigenvalue weighted by molar-refractivity contribution is 8.15. The first kappa shape index (κ1) is 17.3. The molecular formula is C19H23BN2OS. The van der Waals surface area contributed by atoms with Gasteiger partial charge in [0.2, 0.25) is 0 Å². The van der Waals surface area contributed by atoms with Crippen molar-refractivity contribution in [3.8, 4) is 0 Å². The van der Waals surface area contributed by atoms with Crippen molar-refractivity contribution in [1.29, 1.82) is 0 Å². The summed E-state index contributed by atoms with van der Waals surface area (Å²) in [7, 11) is 9.61. The third kappa shape index (κ3) is 3.29. The molecule has 3 nitrogen and oxygen atoms in total. The van der Waals surface area contributed by atoms with Crippen LogP contribution in [0.15, 0.2) is 47.4 Å². The Bertz CT molecular complexity index is 750. The van der Waals surface area contributed by atoms with Crippen LogP contribution in [0.25, 0.3) is 0 Å². The van der Waals surface area contributed by atoms with Crippen molar-refractivity contribution >= 4 is 35.5 Å². The Morgan fingerprint density at radius 1 is 1.25 bits per heavy atom. The number of hydrogen-bond acceptors (Lipinski definition) is 3. The average Bonchev–Trinajstić information content (AvgIpc) is 2.68. The molecule has 0 saturated heterocycles. The van der Waals surface area contributed by atoms with Crippen LogP contribution in [0.1, 0.15) is 23.6 Å². The lowest BCUT2D eigenvalue weighted by molar-refractivity contribution is 0.193. The zero-order valence-electron chi connectivity index (χ0n) is 14.3. The summed E-state index contributed by atoms with van der Waals surface area (Å²) in [5.74, 6) is 4.41. The highest BCUT2D eigenvalue weighted by Gasteiger charge is 2.26. The molecule has 2 aromatic carbocycles. The number of para-hydroxylation sites is 1. The Labute approximate surface area is 148 Å². The van der Waals surface area contributed by atoms with Crippen LogP contribution in [0.5, 0.6) is 0 Å². The molecule has 0 aromatic heterocycles. The number of nitrogens with zero attached hydrogens (tertiary/aromatic N) is 1. The first-order chi connectivity index (χ1) is 11.6. The number of hydrogen-bond donors (Lipinski definition) is 1. The molecule has 2 aromatic rings. The molecule has 0 aliphatic carbocycles. The lowest BCUT2D eigenvalue weighted by atomic mass is 9.91. The van der Waals surface area contributed by atoms with Crippen LogP contribution in [0.3, 0.4) is 0 Å². The van der Waals surface area contributed by atoms with E-state index >= 15 is 0 Å². The minimum absolute atomic E-state index is 0.135. The van der Waals surface area contributed by atoms with Crippen molar-refractivity contribution in [2.24, 2.45) is 0 Å². The molecule has 0 spiro atoms. The monoisotopic (exact) mass is 338 g/mol. The van der Waals surface area contributed by atoms with Crippen molar-refractivity contribution in [2.45, 2.75) is 17.4 Å². The Hall–Kier alpha value is -1.56. The van der Waals surface area contributed by atoms with E-state index in [2.05, 4.69) is 58.9 Å². The van der Waals surface area contributed by atoms with Gasteiger partial charge >= 0.3 is 0 Å². The molecule has 124 valence electrons. The van der Waals surface area contributed by atoms with Gasteiger partial charge in [0.1, 0.15) is 7.85 Å². The summed E-state index contributed by atoms with van der Waals surface area (Å²) in [5.41, 5.74) is 4.54. The summed E-state index contributed by atoms with van der Waals surface area (Å²) in [5, 5.41) is 3.70. The molecule has 1 N–H and O–H groups in total. The number of rotatable bonds is 5. The summed E-state index contributed by atoms with van der Waals surface area (Å²) in [6.45, 7) is 1.65. The summed E-state index contributed by atoms with van der Waals surface area (Å²) < 4.78 is 7.43. The maximum atomic E-state index is 6.05. The zero-order chi connectivity index (χ0) is 17.1. The SMILES string of the molecule is [B]c1ccc2c(c1)S(=C)N(C)c1ccccc1C2NCCCOC. The van der Waals surface area contributed by atoms with Gasteiger partial charge in [0, 0.05) is 25.7 Å². The smallest absolute Gasteiger partial charge is 0.113 e. The van der Waals surface area contributed by atoms with Crippen molar-refractivity contribution in [3.05, 3.63) is 53.6 Å². The van der Waals surface area contributed by atoms with Crippen LogP contribution in [-0.4, -0.2) is 41.0 Å². The molecule has 0 amide bonds. The molecular weight excluding hydrogens is 315 g/mol. The van der Waals surface area contributed by atoms with Crippen molar-refractivity contribution in [3.63, 3.8) is 0 Å². The zero-order valence-corrected chi connectivity index (χ0v) is 15.1. The van der Waals surface area contributed by atoms with Gasteiger partial charge in [-0.3, -0.25) is 0 Å². The summed E-state index contributed by atoms with van der Waals surface area (Å²) in [6.07, 6.45) is 0.978. The molecule has 2 unspecified atom stereocenters.